The van der Waals surface area contributed by atoms with Crippen LogP contribution in [0, 0.1) is 0 Å². The molecule has 3 rings (SSSR count). The van der Waals surface area contributed by atoms with Crippen LogP contribution in [0.4, 0.5) is 5.69 Å². The van der Waals surface area contributed by atoms with Gasteiger partial charge in [-0.1, -0.05) is 76.6 Å². The van der Waals surface area contributed by atoms with Gasteiger partial charge in [-0.3, -0.25) is 9.59 Å². The Labute approximate surface area is 239 Å². The van der Waals surface area contributed by atoms with E-state index >= 15 is 0 Å². The summed E-state index contributed by atoms with van der Waals surface area (Å²) in [7, 11) is -1.17. The summed E-state index contributed by atoms with van der Waals surface area (Å²) < 4.78 is 29.7. The molecular formula is C29H35BrN4O4S. The van der Waals surface area contributed by atoms with E-state index in [-0.39, 0.29) is 24.9 Å². The van der Waals surface area contributed by atoms with Crippen LogP contribution in [-0.2, 0) is 32.8 Å². The number of anilines is 1. The lowest BCUT2D eigenvalue weighted by atomic mass is 10.0. The van der Waals surface area contributed by atoms with Crippen LogP contribution in [0.1, 0.15) is 25.0 Å². The summed E-state index contributed by atoms with van der Waals surface area (Å²) in [6.07, 6.45) is 0.271. The van der Waals surface area contributed by atoms with Crippen molar-refractivity contribution in [2.45, 2.75) is 38.9 Å². The number of benzene rings is 3. The molecule has 0 saturated heterocycles. The largest absolute Gasteiger partial charge is 0.352 e. The highest BCUT2D eigenvalue weighted by molar-refractivity contribution is 9.10. The first kappa shape index (κ1) is 30.3. The molecule has 208 valence electrons. The average molecular weight is 616 g/mol. The van der Waals surface area contributed by atoms with Gasteiger partial charge in [0, 0.05) is 37.6 Å². The number of halogens is 1. The summed E-state index contributed by atoms with van der Waals surface area (Å²) in [6, 6.07) is 24.4. The third kappa shape index (κ3) is 8.39. The zero-order valence-corrected chi connectivity index (χ0v) is 25.0. The smallest absolute Gasteiger partial charge is 0.304 e. The van der Waals surface area contributed by atoms with Crippen molar-refractivity contribution >= 4 is 43.6 Å². The molecule has 0 unspecified atom stereocenters. The zero-order chi connectivity index (χ0) is 28.6. The summed E-state index contributed by atoms with van der Waals surface area (Å²) in [5.74, 6) is -0.798. The second-order valence-corrected chi connectivity index (χ2v) is 12.6. The van der Waals surface area contributed by atoms with Crippen molar-refractivity contribution in [2.75, 3.05) is 24.9 Å². The molecule has 2 amide bonds. The third-order valence-corrected chi connectivity index (χ3v) is 8.38. The molecule has 0 heterocycles. The van der Waals surface area contributed by atoms with E-state index in [4.69, 9.17) is 0 Å². The maximum atomic E-state index is 14.1. The standard InChI is InChI=1S/C29H35BrN4O4S/c1-22(2)31-29(36)27(19-23-11-7-5-8-12-23)33(20-24-15-17-25(30)18-16-24)28(35)21-34(39(37,38)32(3)4)26-13-9-6-10-14-26/h5-18,22,27H,19-21H2,1-4H3,(H,31,36)/t27-/m1/s1. The Morgan fingerprint density at radius 3 is 1.95 bits per heavy atom. The monoisotopic (exact) mass is 614 g/mol. The van der Waals surface area contributed by atoms with Gasteiger partial charge in [0.15, 0.2) is 0 Å². The van der Waals surface area contributed by atoms with E-state index in [9.17, 15) is 18.0 Å². The first-order valence-corrected chi connectivity index (χ1v) is 14.8. The summed E-state index contributed by atoms with van der Waals surface area (Å²) in [5, 5.41) is 2.95. The predicted octanol–water partition coefficient (Wildman–Crippen LogP) is 4.23. The minimum Gasteiger partial charge on any atom is -0.352 e. The molecule has 1 N–H and O–H groups in total. The Balaban J connectivity index is 2.07. The number of nitrogens with one attached hydrogen (secondary N) is 1. The molecule has 3 aromatic rings. The van der Waals surface area contributed by atoms with Crippen LogP contribution in [0.5, 0.6) is 0 Å². The number of hydrogen-bond donors (Lipinski definition) is 1. The van der Waals surface area contributed by atoms with Crippen molar-refractivity contribution in [1.82, 2.24) is 14.5 Å². The third-order valence-electron chi connectivity index (χ3n) is 6.03. The summed E-state index contributed by atoms with van der Waals surface area (Å²) in [4.78, 5) is 29.1. The lowest BCUT2D eigenvalue weighted by molar-refractivity contribution is -0.140. The molecule has 0 spiro atoms. The van der Waals surface area contributed by atoms with Gasteiger partial charge in [-0.2, -0.15) is 12.7 Å². The van der Waals surface area contributed by atoms with Crippen LogP contribution in [0.15, 0.2) is 89.4 Å². The van der Waals surface area contributed by atoms with E-state index < -0.39 is 28.7 Å². The van der Waals surface area contributed by atoms with Crippen LogP contribution in [0.25, 0.3) is 0 Å². The Morgan fingerprint density at radius 2 is 1.41 bits per heavy atom. The van der Waals surface area contributed by atoms with Gasteiger partial charge in [-0.25, -0.2) is 4.31 Å². The van der Waals surface area contributed by atoms with Gasteiger partial charge in [0.1, 0.15) is 12.6 Å². The fraction of sp³-hybridized carbons (Fsp3) is 0.310. The van der Waals surface area contributed by atoms with Crippen molar-refractivity contribution in [3.8, 4) is 0 Å². The van der Waals surface area contributed by atoms with Gasteiger partial charge < -0.3 is 10.2 Å². The molecule has 1 atom stereocenters. The molecular weight excluding hydrogens is 580 g/mol. The summed E-state index contributed by atoms with van der Waals surface area (Å²) in [5.41, 5.74) is 2.05. The second kappa shape index (κ2) is 13.7. The van der Waals surface area contributed by atoms with Gasteiger partial charge in [0.05, 0.1) is 5.69 Å². The second-order valence-electron chi connectivity index (χ2n) is 9.65. The minimum atomic E-state index is -4.01. The van der Waals surface area contributed by atoms with Crippen molar-refractivity contribution < 1.29 is 18.0 Å². The van der Waals surface area contributed by atoms with Gasteiger partial charge in [0.2, 0.25) is 11.8 Å². The van der Waals surface area contributed by atoms with E-state index in [0.29, 0.717) is 5.69 Å². The van der Waals surface area contributed by atoms with E-state index in [1.165, 1.54) is 19.0 Å². The van der Waals surface area contributed by atoms with E-state index in [1.54, 1.807) is 30.3 Å². The Hall–Kier alpha value is -3.21. The molecule has 3 aromatic carbocycles. The number of hydrogen-bond acceptors (Lipinski definition) is 4. The molecule has 0 fully saturated rings. The quantitative estimate of drug-likeness (QED) is 0.331. The Morgan fingerprint density at radius 1 is 0.846 bits per heavy atom. The van der Waals surface area contributed by atoms with Crippen molar-refractivity contribution in [3.05, 3.63) is 101 Å². The molecule has 0 aliphatic heterocycles. The first-order valence-electron chi connectivity index (χ1n) is 12.6. The lowest BCUT2D eigenvalue weighted by Gasteiger charge is -2.34. The normalized spacial score (nSPS) is 12.3. The number of amides is 2. The maximum Gasteiger partial charge on any atom is 0.304 e. The number of para-hydroxylation sites is 1. The van der Waals surface area contributed by atoms with Gasteiger partial charge in [-0.05, 0) is 49.2 Å². The Bertz CT molecular complexity index is 1330. The first-order chi connectivity index (χ1) is 18.5. The van der Waals surface area contributed by atoms with Crippen LogP contribution < -0.4 is 9.62 Å². The van der Waals surface area contributed by atoms with Crippen molar-refractivity contribution in [3.63, 3.8) is 0 Å². The molecule has 0 saturated carbocycles. The van der Waals surface area contributed by atoms with Gasteiger partial charge >= 0.3 is 10.2 Å². The van der Waals surface area contributed by atoms with Crippen molar-refractivity contribution in [1.29, 1.82) is 0 Å². The molecule has 10 heteroatoms. The zero-order valence-electron chi connectivity index (χ0n) is 22.6. The fourth-order valence-corrected chi connectivity index (χ4v) is 5.35. The number of nitrogens with zero attached hydrogens (tertiary/aromatic N) is 3. The molecule has 0 aromatic heterocycles. The van der Waals surface area contributed by atoms with Gasteiger partial charge in [-0.15, -0.1) is 0 Å². The maximum absolute atomic E-state index is 14.1. The molecule has 0 radical (unpaired) electrons. The van der Waals surface area contributed by atoms with Crippen LogP contribution in [0.3, 0.4) is 0 Å². The minimum absolute atomic E-state index is 0.125. The highest BCUT2D eigenvalue weighted by atomic mass is 79.9. The molecule has 0 aliphatic carbocycles. The highest BCUT2D eigenvalue weighted by Gasteiger charge is 2.34. The summed E-state index contributed by atoms with van der Waals surface area (Å²) >= 11 is 3.44. The predicted molar refractivity (Wildman–Crippen MR) is 158 cm³/mol. The fourth-order valence-electron chi connectivity index (χ4n) is 4.03. The molecule has 0 bridgehead atoms. The van der Waals surface area contributed by atoms with Crippen LogP contribution >= 0.6 is 15.9 Å². The van der Waals surface area contributed by atoms with Crippen LogP contribution in [-0.4, -0.2) is 62.2 Å². The number of carbonyl (C=O) groups is 2. The SMILES string of the molecule is CC(C)NC(=O)[C@@H](Cc1ccccc1)N(Cc1ccc(Br)cc1)C(=O)CN(c1ccccc1)S(=O)(=O)N(C)C. The molecule has 0 aliphatic rings. The summed E-state index contributed by atoms with van der Waals surface area (Å²) in [6.45, 7) is 3.37. The van der Waals surface area contributed by atoms with Crippen LogP contribution in [0.2, 0.25) is 0 Å². The Kier molecular flexibility index (Phi) is 10.7. The van der Waals surface area contributed by atoms with E-state index in [2.05, 4.69) is 21.2 Å². The number of rotatable bonds is 12. The van der Waals surface area contributed by atoms with Crippen molar-refractivity contribution in [2.24, 2.45) is 0 Å². The molecule has 39 heavy (non-hydrogen) atoms. The van der Waals surface area contributed by atoms with E-state index in [1.807, 2.05) is 68.4 Å². The topological polar surface area (TPSA) is 90.0 Å². The lowest BCUT2D eigenvalue weighted by Crippen LogP contribution is -2.55. The highest BCUT2D eigenvalue weighted by Crippen LogP contribution is 2.22. The van der Waals surface area contributed by atoms with Gasteiger partial charge in [0.25, 0.3) is 0 Å². The van der Waals surface area contributed by atoms with E-state index in [0.717, 1.165) is 24.2 Å². The number of carbonyl (C=O) groups excluding carboxylic acids is 2. The molecule has 8 nitrogen and oxygen atoms in total. The average Bonchev–Trinajstić information content (AvgIpc) is 2.90.